The van der Waals surface area contributed by atoms with Gasteiger partial charge in [-0.2, -0.15) is 0 Å². The Morgan fingerprint density at radius 1 is 1.00 bits per heavy atom. The van der Waals surface area contributed by atoms with Crippen molar-refractivity contribution >= 4 is 34.0 Å². The number of nitrogens with one attached hydrogen (secondary N) is 2. The number of H-pyrrole nitrogens is 1. The summed E-state index contributed by atoms with van der Waals surface area (Å²) < 4.78 is 0. The molecule has 3 aromatic carbocycles. The van der Waals surface area contributed by atoms with Crippen LogP contribution in [0.5, 0.6) is 0 Å². The second kappa shape index (κ2) is 8.14. The highest BCUT2D eigenvalue weighted by molar-refractivity contribution is 6.30. The van der Waals surface area contributed by atoms with Crippen LogP contribution in [-0.2, 0) is 0 Å². The fraction of sp³-hybridized carbons (Fsp3) is 0.0833. The van der Waals surface area contributed by atoms with Crippen molar-refractivity contribution in [3.63, 3.8) is 0 Å². The quantitative estimate of drug-likeness (QED) is 0.444. The number of pyridine rings is 1. The van der Waals surface area contributed by atoms with Gasteiger partial charge in [0.05, 0.1) is 0 Å². The maximum absolute atomic E-state index is 13.0. The van der Waals surface area contributed by atoms with Crippen LogP contribution in [0.1, 0.15) is 33.3 Å². The summed E-state index contributed by atoms with van der Waals surface area (Å²) in [5.41, 5.74) is 2.06. The van der Waals surface area contributed by atoms with E-state index in [0.29, 0.717) is 38.2 Å². The maximum atomic E-state index is 13.0. The minimum Gasteiger partial charge on any atom is -0.384 e. The van der Waals surface area contributed by atoms with Crippen LogP contribution in [0.15, 0.2) is 77.6 Å². The van der Waals surface area contributed by atoms with Crippen LogP contribution in [0.2, 0.25) is 5.02 Å². The summed E-state index contributed by atoms with van der Waals surface area (Å²) in [5.74, 6) is -0.473. The Labute approximate surface area is 178 Å². The van der Waals surface area contributed by atoms with Crippen LogP contribution < -0.4 is 10.9 Å². The predicted molar refractivity (Wildman–Crippen MR) is 119 cm³/mol. The molecule has 3 N–H and O–H groups in total. The van der Waals surface area contributed by atoms with Gasteiger partial charge in [-0.25, -0.2) is 0 Å². The number of benzene rings is 3. The molecule has 6 heteroatoms. The van der Waals surface area contributed by atoms with Crippen LogP contribution in [0, 0.1) is 6.92 Å². The second-order valence-electron chi connectivity index (χ2n) is 7.00. The molecule has 0 radical (unpaired) electrons. The Morgan fingerprint density at radius 3 is 2.40 bits per heavy atom. The van der Waals surface area contributed by atoms with Gasteiger partial charge in [0.2, 0.25) is 0 Å². The van der Waals surface area contributed by atoms with E-state index in [1.807, 2.05) is 30.3 Å². The van der Waals surface area contributed by atoms with Crippen molar-refractivity contribution in [2.75, 3.05) is 5.32 Å². The first-order valence-electron chi connectivity index (χ1n) is 9.41. The van der Waals surface area contributed by atoms with Gasteiger partial charge in [-0.3, -0.25) is 9.59 Å². The number of hydrogen-bond acceptors (Lipinski definition) is 3. The standard InChI is InChI=1S/C24H19ClN2O3/c1-14-17-9-5-6-10-18(17)23(29)27-21(14)24(30)26-20-12-11-16(25)13-19(20)22(28)15-7-3-2-4-8-15/h2-13,22,28H,1H3,(H,26,30)(H,27,29). The topological polar surface area (TPSA) is 82.2 Å². The molecule has 0 bridgehead atoms. The molecule has 5 nitrogen and oxygen atoms in total. The normalized spacial score (nSPS) is 12.0. The number of aryl methyl sites for hydroxylation is 1. The first kappa shape index (κ1) is 19.9. The molecule has 0 aliphatic heterocycles. The number of fused-ring (bicyclic) bond motifs is 1. The highest BCUT2D eigenvalue weighted by Crippen LogP contribution is 2.31. The van der Waals surface area contributed by atoms with Crippen molar-refractivity contribution in [2.24, 2.45) is 0 Å². The maximum Gasteiger partial charge on any atom is 0.272 e. The van der Waals surface area contributed by atoms with E-state index in [2.05, 4.69) is 10.3 Å². The molecule has 1 aromatic heterocycles. The van der Waals surface area contributed by atoms with Crippen LogP contribution in [-0.4, -0.2) is 16.0 Å². The van der Waals surface area contributed by atoms with Crippen molar-refractivity contribution in [3.05, 3.63) is 111 Å². The molecule has 0 fully saturated rings. The summed E-state index contributed by atoms with van der Waals surface area (Å²) >= 11 is 6.14. The molecule has 0 aliphatic carbocycles. The van der Waals surface area contributed by atoms with Gasteiger partial charge in [-0.15, -0.1) is 0 Å². The lowest BCUT2D eigenvalue weighted by atomic mass is 9.99. The Kier molecular flexibility index (Phi) is 5.40. The Morgan fingerprint density at radius 2 is 1.67 bits per heavy atom. The van der Waals surface area contributed by atoms with E-state index < -0.39 is 12.0 Å². The Bertz CT molecular complexity index is 1300. The molecule has 150 valence electrons. The van der Waals surface area contributed by atoms with Gasteiger partial charge in [0, 0.05) is 21.7 Å². The molecule has 0 spiro atoms. The average Bonchev–Trinajstić information content (AvgIpc) is 2.77. The fourth-order valence-electron chi connectivity index (χ4n) is 3.52. The minimum atomic E-state index is -0.975. The number of hydrogen-bond donors (Lipinski definition) is 3. The van der Waals surface area contributed by atoms with E-state index >= 15 is 0 Å². The second-order valence-corrected chi connectivity index (χ2v) is 7.44. The zero-order chi connectivity index (χ0) is 21.3. The number of amides is 1. The van der Waals surface area contributed by atoms with Gasteiger partial charge in [-0.1, -0.05) is 60.1 Å². The molecular formula is C24H19ClN2O3. The average molecular weight is 419 g/mol. The molecule has 4 rings (SSSR count). The summed E-state index contributed by atoms with van der Waals surface area (Å²) in [6.07, 6.45) is -0.975. The lowest BCUT2D eigenvalue weighted by Gasteiger charge is -2.18. The molecule has 30 heavy (non-hydrogen) atoms. The molecule has 0 saturated carbocycles. The number of aromatic nitrogens is 1. The number of carbonyl (C=O) groups excluding carboxylic acids is 1. The van der Waals surface area contributed by atoms with Gasteiger partial charge in [0.15, 0.2) is 0 Å². The monoisotopic (exact) mass is 418 g/mol. The van der Waals surface area contributed by atoms with E-state index in [9.17, 15) is 14.7 Å². The van der Waals surface area contributed by atoms with Gasteiger partial charge in [0.1, 0.15) is 11.8 Å². The number of aliphatic hydroxyl groups excluding tert-OH is 1. The number of carbonyl (C=O) groups is 1. The summed E-state index contributed by atoms with van der Waals surface area (Å²) in [6.45, 7) is 1.79. The highest BCUT2D eigenvalue weighted by Gasteiger charge is 2.19. The molecular weight excluding hydrogens is 400 g/mol. The molecule has 4 aromatic rings. The minimum absolute atomic E-state index is 0.175. The number of aromatic amines is 1. The Balaban J connectivity index is 1.74. The van der Waals surface area contributed by atoms with Crippen LogP contribution in [0.3, 0.4) is 0 Å². The number of rotatable bonds is 4. The third-order valence-electron chi connectivity index (χ3n) is 5.09. The molecule has 1 heterocycles. The molecule has 1 amide bonds. The van der Waals surface area contributed by atoms with E-state index in [0.717, 1.165) is 0 Å². The van der Waals surface area contributed by atoms with Crippen molar-refractivity contribution in [1.82, 2.24) is 4.98 Å². The smallest absolute Gasteiger partial charge is 0.272 e. The van der Waals surface area contributed by atoms with Crippen molar-refractivity contribution in [2.45, 2.75) is 13.0 Å². The van der Waals surface area contributed by atoms with Gasteiger partial charge < -0.3 is 15.4 Å². The molecule has 1 unspecified atom stereocenters. The lowest BCUT2D eigenvalue weighted by molar-refractivity contribution is 0.102. The van der Waals surface area contributed by atoms with Crippen molar-refractivity contribution in [3.8, 4) is 0 Å². The molecule has 0 saturated heterocycles. The number of halogens is 1. The number of anilines is 1. The summed E-state index contributed by atoms with van der Waals surface area (Å²) in [6, 6.07) is 21.1. The highest BCUT2D eigenvalue weighted by atomic mass is 35.5. The lowest BCUT2D eigenvalue weighted by Crippen LogP contribution is -2.22. The molecule has 0 aliphatic rings. The fourth-order valence-corrected chi connectivity index (χ4v) is 3.70. The van der Waals surface area contributed by atoms with E-state index in [1.54, 1.807) is 49.4 Å². The van der Waals surface area contributed by atoms with Crippen molar-refractivity contribution < 1.29 is 9.90 Å². The van der Waals surface area contributed by atoms with E-state index in [4.69, 9.17) is 11.6 Å². The summed E-state index contributed by atoms with van der Waals surface area (Å²) in [4.78, 5) is 28.1. The third kappa shape index (κ3) is 3.73. The predicted octanol–water partition coefficient (Wildman–Crippen LogP) is 4.82. The first-order valence-corrected chi connectivity index (χ1v) is 9.79. The zero-order valence-corrected chi connectivity index (χ0v) is 16.9. The molecule has 1 atom stereocenters. The van der Waals surface area contributed by atoms with Crippen LogP contribution in [0.25, 0.3) is 10.8 Å². The summed E-state index contributed by atoms with van der Waals surface area (Å²) in [7, 11) is 0. The Hall–Kier alpha value is -3.41. The van der Waals surface area contributed by atoms with Crippen LogP contribution in [0.4, 0.5) is 5.69 Å². The van der Waals surface area contributed by atoms with Gasteiger partial charge >= 0.3 is 0 Å². The van der Waals surface area contributed by atoms with E-state index in [1.165, 1.54) is 0 Å². The zero-order valence-electron chi connectivity index (χ0n) is 16.1. The SMILES string of the molecule is Cc1c(C(=O)Nc2ccc(Cl)cc2C(O)c2ccccc2)[nH]c(=O)c2ccccc12. The third-order valence-corrected chi connectivity index (χ3v) is 5.32. The van der Waals surface area contributed by atoms with Gasteiger partial charge in [0.25, 0.3) is 11.5 Å². The number of aliphatic hydroxyl groups is 1. The first-order chi connectivity index (χ1) is 14.5. The summed E-state index contributed by atoms with van der Waals surface area (Å²) in [5, 5.41) is 15.3. The van der Waals surface area contributed by atoms with Crippen molar-refractivity contribution in [1.29, 1.82) is 0 Å². The van der Waals surface area contributed by atoms with Gasteiger partial charge in [-0.05, 0) is 47.7 Å². The van der Waals surface area contributed by atoms with E-state index in [-0.39, 0.29) is 11.3 Å². The van der Waals surface area contributed by atoms with Crippen LogP contribution >= 0.6 is 11.6 Å². The largest absolute Gasteiger partial charge is 0.384 e.